The number of aromatic nitrogens is 1. The van der Waals surface area contributed by atoms with Crippen LogP contribution in [0.15, 0.2) is 36.5 Å². The molecule has 4 nitrogen and oxygen atoms in total. The number of hydrogen-bond acceptors (Lipinski definition) is 2. The minimum Gasteiger partial charge on any atom is -0.493 e. The monoisotopic (exact) mass is 287 g/mol. The van der Waals surface area contributed by atoms with E-state index in [1.807, 2.05) is 6.07 Å². The first-order valence-electron chi connectivity index (χ1n) is 7.51. The second-order valence-electron chi connectivity index (χ2n) is 5.49. The van der Waals surface area contributed by atoms with E-state index in [-0.39, 0.29) is 0 Å². The molecule has 2 heterocycles. The molecule has 0 radical (unpaired) electrons. The van der Waals surface area contributed by atoms with Crippen molar-refractivity contribution in [2.24, 2.45) is 0 Å². The Bertz CT molecular complexity index is 607. The second-order valence-corrected chi connectivity index (χ2v) is 5.49. The summed E-state index contributed by atoms with van der Waals surface area (Å²) in [6.45, 7) is 2.29. The first-order valence-corrected chi connectivity index (χ1v) is 7.51. The number of aryl methyl sites for hydroxylation is 1. The molecule has 1 aliphatic rings. The molecule has 112 valence electrons. The lowest BCUT2D eigenvalue weighted by Gasteiger charge is -2.23. The average Bonchev–Trinajstić information content (AvgIpc) is 3.01. The van der Waals surface area contributed by atoms with E-state index in [4.69, 9.17) is 9.47 Å². The summed E-state index contributed by atoms with van der Waals surface area (Å²) in [6.07, 6.45) is 4.37. The molecule has 0 saturated heterocycles. The van der Waals surface area contributed by atoms with Crippen molar-refractivity contribution in [3.05, 3.63) is 47.8 Å². The highest BCUT2D eigenvalue weighted by atomic mass is 16.5. The molecule has 3 rings (SSSR count). The van der Waals surface area contributed by atoms with Crippen molar-refractivity contribution in [3.63, 3.8) is 0 Å². The highest BCUT2D eigenvalue weighted by Crippen LogP contribution is 2.28. The molecule has 1 aromatic heterocycles. The van der Waals surface area contributed by atoms with Gasteiger partial charge in [-0.15, -0.1) is 0 Å². The number of benzene rings is 1. The Morgan fingerprint density at radius 2 is 2.05 bits per heavy atom. The Labute approximate surface area is 125 Å². The highest BCUT2D eigenvalue weighted by Gasteiger charge is 2.22. The Hall–Kier alpha value is -1.94. The zero-order chi connectivity index (χ0) is 14.7. The van der Waals surface area contributed by atoms with Crippen molar-refractivity contribution in [2.45, 2.75) is 25.4 Å². The van der Waals surface area contributed by atoms with Gasteiger partial charge in [-0.3, -0.25) is 0 Å². The van der Waals surface area contributed by atoms with Gasteiger partial charge in [0.25, 0.3) is 0 Å². The Morgan fingerprint density at radius 1 is 1.19 bits per heavy atom. The lowest BCUT2D eigenvalue weighted by Crippen LogP contribution is -2.87. The maximum atomic E-state index is 5.38. The van der Waals surface area contributed by atoms with Crippen LogP contribution in [0.2, 0.25) is 0 Å². The third kappa shape index (κ3) is 2.90. The Balaban J connectivity index is 1.69. The lowest BCUT2D eigenvalue weighted by molar-refractivity contribution is -0.703. The molecule has 0 fully saturated rings. The molecule has 0 aliphatic carbocycles. The van der Waals surface area contributed by atoms with Crippen LogP contribution in [0.4, 0.5) is 0 Å². The van der Waals surface area contributed by atoms with Crippen LogP contribution in [0.1, 0.15) is 23.7 Å². The smallest absolute Gasteiger partial charge is 0.160 e. The number of hydrogen-bond donors (Lipinski definition) is 1. The number of nitrogens with two attached hydrogens (primary N) is 1. The first-order chi connectivity index (χ1) is 10.3. The molecule has 2 aromatic rings. The SMILES string of the molecule is COc1ccc(CC[C@H]2[NH2+]CCn3cccc32)cc1OC. The molecule has 0 bridgehead atoms. The largest absolute Gasteiger partial charge is 0.493 e. The molecule has 21 heavy (non-hydrogen) atoms. The normalized spacial score (nSPS) is 17.3. The molecule has 4 heteroatoms. The summed E-state index contributed by atoms with van der Waals surface area (Å²) >= 11 is 0. The van der Waals surface area contributed by atoms with Gasteiger partial charge in [0, 0.05) is 12.6 Å². The summed E-state index contributed by atoms with van der Waals surface area (Å²) < 4.78 is 13.0. The van der Waals surface area contributed by atoms with Crippen LogP contribution in [0.5, 0.6) is 11.5 Å². The lowest BCUT2D eigenvalue weighted by atomic mass is 10.0. The second kappa shape index (κ2) is 6.22. The van der Waals surface area contributed by atoms with Crippen molar-refractivity contribution >= 4 is 0 Å². The van der Waals surface area contributed by atoms with E-state index in [0.717, 1.165) is 37.4 Å². The molecule has 0 amide bonds. The third-order valence-corrected chi connectivity index (χ3v) is 4.26. The quantitative estimate of drug-likeness (QED) is 0.910. The van der Waals surface area contributed by atoms with Crippen LogP contribution in [0, 0.1) is 0 Å². The van der Waals surface area contributed by atoms with Gasteiger partial charge in [0.2, 0.25) is 0 Å². The van der Waals surface area contributed by atoms with E-state index in [1.54, 1.807) is 14.2 Å². The van der Waals surface area contributed by atoms with Crippen molar-refractivity contribution < 1.29 is 14.8 Å². The summed E-state index contributed by atoms with van der Waals surface area (Å²) in [5.41, 5.74) is 2.74. The van der Waals surface area contributed by atoms with E-state index in [2.05, 4.69) is 40.3 Å². The van der Waals surface area contributed by atoms with Crippen molar-refractivity contribution in [3.8, 4) is 11.5 Å². The topological polar surface area (TPSA) is 40.0 Å². The van der Waals surface area contributed by atoms with Crippen LogP contribution >= 0.6 is 0 Å². The standard InChI is InChI=1S/C17H22N2O2/c1-20-16-8-6-13(12-17(16)21-2)5-7-14-15-4-3-10-19(15)11-9-18-14/h3-4,6,8,10,12,14,18H,5,7,9,11H2,1-2H3/p+1/t14-/m1/s1. The van der Waals surface area contributed by atoms with Crippen LogP contribution < -0.4 is 14.8 Å². The van der Waals surface area contributed by atoms with E-state index in [1.165, 1.54) is 11.3 Å². The van der Waals surface area contributed by atoms with Gasteiger partial charge in [-0.25, -0.2) is 0 Å². The number of ether oxygens (including phenoxy) is 2. The van der Waals surface area contributed by atoms with E-state index in [9.17, 15) is 0 Å². The summed E-state index contributed by atoms with van der Waals surface area (Å²) in [5.74, 6) is 1.60. The van der Waals surface area contributed by atoms with E-state index in [0.29, 0.717) is 6.04 Å². The van der Waals surface area contributed by atoms with Crippen LogP contribution in [-0.4, -0.2) is 25.3 Å². The van der Waals surface area contributed by atoms with Gasteiger partial charge in [-0.1, -0.05) is 6.07 Å². The summed E-state index contributed by atoms with van der Waals surface area (Å²) in [4.78, 5) is 0. The molecule has 2 N–H and O–H groups in total. The molecule has 1 atom stereocenters. The predicted molar refractivity (Wildman–Crippen MR) is 81.8 cm³/mol. The molecule has 1 aliphatic heterocycles. The zero-order valence-corrected chi connectivity index (χ0v) is 12.7. The fourth-order valence-electron chi connectivity index (χ4n) is 3.13. The van der Waals surface area contributed by atoms with Crippen molar-refractivity contribution in [2.75, 3.05) is 20.8 Å². The minimum atomic E-state index is 0.557. The van der Waals surface area contributed by atoms with Crippen molar-refractivity contribution in [1.82, 2.24) is 4.57 Å². The molecular formula is C17H23N2O2+. The molecular weight excluding hydrogens is 264 g/mol. The maximum Gasteiger partial charge on any atom is 0.160 e. The predicted octanol–water partition coefficient (Wildman–Crippen LogP) is 1.76. The number of methoxy groups -OCH3 is 2. The van der Waals surface area contributed by atoms with Gasteiger partial charge in [0.05, 0.1) is 33.0 Å². The molecule has 0 unspecified atom stereocenters. The van der Waals surface area contributed by atoms with Gasteiger partial charge < -0.3 is 19.4 Å². The highest BCUT2D eigenvalue weighted by molar-refractivity contribution is 5.42. The first kappa shape index (κ1) is 14.0. The molecule has 0 spiro atoms. The summed E-state index contributed by atoms with van der Waals surface area (Å²) in [6, 6.07) is 11.2. The van der Waals surface area contributed by atoms with Crippen molar-refractivity contribution in [1.29, 1.82) is 0 Å². The Morgan fingerprint density at radius 3 is 2.86 bits per heavy atom. The number of fused-ring (bicyclic) bond motifs is 1. The van der Waals surface area contributed by atoms with Gasteiger partial charge in [-0.2, -0.15) is 0 Å². The van der Waals surface area contributed by atoms with Gasteiger partial charge >= 0.3 is 0 Å². The van der Waals surface area contributed by atoms with Crippen LogP contribution in [0.25, 0.3) is 0 Å². The van der Waals surface area contributed by atoms with E-state index >= 15 is 0 Å². The van der Waals surface area contributed by atoms with Gasteiger partial charge in [-0.05, 0) is 36.2 Å². The molecule has 1 aromatic carbocycles. The fraction of sp³-hybridized carbons (Fsp3) is 0.412. The summed E-state index contributed by atoms with van der Waals surface area (Å²) in [5, 5.41) is 2.45. The number of nitrogens with zero attached hydrogens (tertiary/aromatic N) is 1. The third-order valence-electron chi connectivity index (χ3n) is 4.26. The number of quaternary nitrogens is 1. The summed E-state index contributed by atoms with van der Waals surface area (Å²) in [7, 11) is 3.35. The van der Waals surface area contributed by atoms with Gasteiger partial charge in [0.15, 0.2) is 11.5 Å². The average molecular weight is 287 g/mol. The maximum absolute atomic E-state index is 5.38. The number of rotatable bonds is 5. The fourth-order valence-corrected chi connectivity index (χ4v) is 3.13. The van der Waals surface area contributed by atoms with E-state index < -0.39 is 0 Å². The van der Waals surface area contributed by atoms with Gasteiger partial charge in [0.1, 0.15) is 6.04 Å². The van der Waals surface area contributed by atoms with Crippen LogP contribution in [0.3, 0.4) is 0 Å². The Kier molecular flexibility index (Phi) is 4.15. The minimum absolute atomic E-state index is 0.557. The zero-order valence-electron chi connectivity index (χ0n) is 12.7. The molecule has 0 saturated carbocycles. The van der Waals surface area contributed by atoms with Crippen LogP contribution in [-0.2, 0) is 13.0 Å².